The average molecular weight is 357 g/mol. The van der Waals surface area contributed by atoms with Gasteiger partial charge in [0.1, 0.15) is 6.54 Å². The van der Waals surface area contributed by atoms with Crippen LogP contribution in [0.5, 0.6) is 0 Å². The van der Waals surface area contributed by atoms with Crippen LogP contribution in [0.15, 0.2) is 76.6 Å². The minimum atomic E-state index is -0.214. The topological polar surface area (TPSA) is 63.5 Å². The molecule has 2 heterocycles. The number of aliphatic imine (C=N–C) groups is 1. The first-order valence-electron chi connectivity index (χ1n) is 9.27. The van der Waals surface area contributed by atoms with Gasteiger partial charge in [-0.3, -0.25) is 9.59 Å². The van der Waals surface area contributed by atoms with Crippen LogP contribution in [0, 0.1) is 5.92 Å². The highest BCUT2D eigenvalue weighted by Gasteiger charge is 2.34. The molecule has 0 radical (unpaired) electrons. The van der Waals surface area contributed by atoms with E-state index >= 15 is 0 Å². The maximum absolute atomic E-state index is 12.5. The van der Waals surface area contributed by atoms with Crippen LogP contribution in [0.4, 0.5) is 0 Å². The van der Waals surface area contributed by atoms with Crippen LogP contribution >= 0.6 is 0 Å². The predicted octanol–water partition coefficient (Wildman–Crippen LogP) is 3.29. The van der Waals surface area contributed by atoms with Crippen molar-refractivity contribution in [3.63, 3.8) is 0 Å². The van der Waals surface area contributed by atoms with E-state index in [0.29, 0.717) is 5.71 Å². The maximum atomic E-state index is 12.5. The molecule has 2 amide bonds. The zero-order valence-electron chi connectivity index (χ0n) is 14.8. The van der Waals surface area contributed by atoms with E-state index in [1.807, 2.05) is 59.3 Å². The van der Waals surface area contributed by atoms with Crippen molar-refractivity contribution in [2.24, 2.45) is 10.9 Å². The molecule has 134 valence electrons. The number of nitrogens with zero attached hydrogens (tertiary/aromatic N) is 2. The lowest BCUT2D eigenvalue weighted by Crippen LogP contribution is -2.35. The van der Waals surface area contributed by atoms with Crippen molar-refractivity contribution in [2.45, 2.75) is 25.8 Å². The summed E-state index contributed by atoms with van der Waals surface area (Å²) in [6, 6.07) is 9.95. The van der Waals surface area contributed by atoms with Crippen molar-refractivity contribution in [3.8, 4) is 0 Å². The quantitative estimate of drug-likeness (QED) is 0.896. The van der Waals surface area contributed by atoms with Gasteiger partial charge in [-0.05, 0) is 54.5 Å². The number of carbonyl (C=O) groups excluding carboxylic acids is 2. The summed E-state index contributed by atoms with van der Waals surface area (Å²) >= 11 is 0. The highest BCUT2D eigenvalue weighted by atomic mass is 16.2. The van der Waals surface area contributed by atoms with Gasteiger partial charge in [-0.2, -0.15) is 0 Å². The zero-order chi connectivity index (χ0) is 18.4. The Bertz CT molecular complexity index is 1100. The summed E-state index contributed by atoms with van der Waals surface area (Å²) in [5.74, 6) is -0.0818. The van der Waals surface area contributed by atoms with Crippen LogP contribution in [-0.4, -0.2) is 22.1 Å². The smallest absolute Gasteiger partial charge is 0.266 e. The number of allylic oxidation sites excluding steroid dienone is 3. The Morgan fingerprint density at radius 3 is 3.04 bits per heavy atom. The van der Waals surface area contributed by atoms with Crippen LogP contribution in [0.1, 0.15) is 19.3 Å². The summed E-state index contributed by atoms with van der Waals surface area (Å²) in [7, 11) is 0. The SMILES string of the molecule is O=C(Cn1ccc2ccccc21)N=C1C=CC2C(=C1)NC(=O)C1=C2CCC1. The average Bonchev–Trinajstić information content (AvgIpc) is 3.30. The molecule has 1 aromatic carbocycles. The van der Waals surface area contributed by atoms with Crippen LogP contribution in [0.25, 0.3) is 10.9 Å². The van der Waals surface area contributed by atoms with Gasteiger partial charge in [0.05, 0.1) is 5.71 Å². The van der Waals surface area contributed by atoms with Crippen molar-refractivity contribution < 1.29 is 9.59 Å². The summed E-state index contributed by atoms with van der Waals surface area (Å²) in [4.78, 5) is 29.0. The van der Waals surface area contributed by atoms with Gasteiger partial charge in [0, 0.05) is 28.9 Å². The highest BCUT2D eigenvalue weighted by molar-refractivity contribution is 6.11. The van der Waals surface area contributed by atoms with Gasteiger partial charge in [-0.15, -0.1) is 0 Å². The molecule has 0 saturated heterocycles. The van der Waals surface area contributed by atoms with Crippen LogP contribution in [0.3, 0.4) is 0 Å². The molecule has 1 aliphatic heterocycles. The van der Waals surface area contributed by atoms with E-state index < -0.39 is 0 Å². The van der Waals surface area contributed by atoms with Gasteiger partial charge in [-0.25, -0.2) is 4.99 Å². The Morgan fingerprint density at radius 1 is 1.22 bits per heavy atom. The van der Waals surface area contributed by atoms with Gasteiger partial charge in [0.15, 0.2) is 0 Å². The number of para-hydroxylation sites is 1. The lowest BCUT2D eigenvalue weighted by Gasteiger charge is -2.28. The Balaban J connectivity index is 1.38. The van der Waals surface area contributed by atoms with E-state index in [1.54, 1.807) is 0 Å². The van der Waals surface area contributed by atoms with E-state index in [0.717, 1.165) is 41.4 Å². The first-order valence-corrected chi connectivity index (χ1v) is 9.27. The second-order valence-electron chi connectivity index (χ2n) is 7.18. The summed E-state index contributed by atoms with van der Waals surface area (Å²) < 4.78 is 1.90. The van der Waals surface area contributed by atoms with Crippen LogP contribution in [-0.2, 0) is 16.1 Å². The molecular weight excluding hydrogens is 338 g/mol. The third-order valence-corrected chi connectivity index (χ3v) is 5.51. The number of hydrogen-bond acceptors (Lipinski definition) is 2. The van der Waals surface area contributed by atoms with Gasteiger partial charge in [0.2, 0.25) is 0 Å². The minimum absolute atomic E-state index is 0.00443. The molecule has 0 saturated carbocycles. The number of nitrogens with one attached hydrogen (secondary N) is 1. The molecule has 5 heteroatoms. The highest BCUT2D eigenvalue weighted by Crippen LogP contribution is 2.39. The standard InChI is InChI=1S/C22H19N3O2/c26-21(13-25-11-10-14-4-1-2-7-20(14)25)23-15-8-9-17-16-5-3-6-18(16)22(27)24-19(17)12-15/h1-2,4,7-12,17H,3,5-6,13H2,(H,24,27). The second-order valence-corrected chi connectivity index (χ2v) is 7.18. The number of carbonyl (C=O) groups is 2. The molecule has 1 N–H and O–H groups in total. The zero-order valence-corrected chi connectivity index (χ0v) is 14.8. The fourth-order valence-electron chi connectivity index (χ4n) is 4.26. The van der Waals surface area contributed by atoms with E-state index in [1.165, 1.54) is 5.57 Å². The number of benzene rings is 1. The Labute approximate surface area is 156 Å². The van der Waals surface area contributed by atoms with Crippen molar-refractivity contribution in [1.29, 1.82) is 0 Å². The molecule has 1 unspecified atom stereocenters. The van der Waals surface area contributed by atoms with Gasteiger partial charge >= 0.3 is 0 Å². The monoisotopic (exact) mass is 357 g/mol. The molecule has 5 nitrogen and oxygen atoms in total. The van der Waals surface area contributed by atoms with Gasteiger partial charge < -0.3 is 9.88 Å². The third-order valence-electron chi connectivity index (χ3n) is 5.51. The summed E-state index contributed by atoms with van der Waals surface area (Å²) in [5, 5.41) is 4.08. The number of aromatic nitrogens is 1. The first kappa shape index (κ1) is 16.0. The van der Waals surface area contributed by atoms with E-state index in [-0.39, 0.29) is 24.3 Å². The van der Waals surface area contributed by atoms with Crippen LogP contribution < -0.4 is 5.32 Å². The van der Waals surface area contributed by atoms with Crippen molar-refractivity contribution in [2.75, 3.05) is 0 Å². The van der Waals surface area contributed by atoms with E-state index in [9.17, 15) is 9.59 Å². The Morgan fingerprint density at radius 2 is 2.11 bits per heavy atom. The number of hydrogen-bond donors (Lipinski definition) is 1. The molecule has 1 aromatic heterocycles. The fourth-order valence-corrected chi connectivity index (χ4v) is 4.26. The van der Waals surface area contributed by atoms with E-state index in [2.05, 4.69) is 10.3 Å². The molecule has 0 fully saturated rings. The van der Waals surface area contributed by atoms with Crippen molar-refractivity contribution >= 4 is 28.4 Å². The molecular formula is C22H19N3O2. The second kappa shape index (κ2) is 6.20. The number of fused-ring (bicyclic) bond motifs is 3. The summed E-state index contributed by atoms with van der Waals surface area (Å²) in [5.41, 5.74) is 4.61. The van der Waals surface area contributed by atoms with Crippen molar-refractivity contribution in [3.05, 3.63) is 71.6 Å². The molecule has 0 spiro atoms. The molecule has 0 bridgehead atoms. The maximum Gasteiger partial charge on any atom is 0.266 e. The fraction of sp³-hybridized carbons (Fsp3) is 0.227. The third kappa shape index (κ3) is 2.76. The predicted molar refractivity (Wildman–Crippen MR) is 104 cm³/mol. The molecule has 2 aliphatic carbocycles. The summed E-state index contributed by atoms with van der Waals surface area (Å²) in [6.45, 7) is 0.194. The largest absolute Gasteiger partial charge is 0.338 e. The molecule has 27 heavy (non-hydrogen) atoms. The van der Waals surface area contributed by atoms with Gasteiger partial charge in [-0.1, -0.05) is 24.3 Å². The van der Waals surface area contributed by atoms with Crippen molar-refractivity contribution in [1.82, 2.24) is 9.88 Å². The molecule has 1 atom stereocenters. The lowest BCUT2D eigenvalue weighted by molar-refractivity contribution is -0.118. The number of rotatable bonds is 2. The molecule has 3 aliphatic rings. The normalized spacial score (nSPS) is 22.7. The summed E-state index contributed by atoms with van der Waals surface area (Å²) in [6.07, 6.45) is 10.6. The lowest BCUT2D eigenvalue weighted by atomic mass is 9.85. The molecule has 5 rings (SSSR count). The Hall–Kier alpha value is -3.21. The van der Waals surface area contributed by atoms with Gasteiger partial charge in [0.25, 0.3) is 11.8 Å². The molecule has 2 aromatic rings. The Kier molecular flexibility index (Phi) is 3.67. The van der Waals surface area contributed by atoms with E-state index in [4.69, 9.17) is 0 Å². The minimum Gasteiger partial charge on any atom is -0.338 e. The number of amides is 2. The van der Waals surface area contributed by atoms with Crippen LogP contribution in [0.2, 0.25) is 0 Å². The first-order chi connectivity index (χ1) is 13.2.